The molecule has 7 nitrogen and oxygen atoms in total. The normalized spacial score (nSPS) is 10.5. The van der Waals surface area contributed by atoms with Gasteiger partial charge in [0.05, 0.1) is 16.6 Å². The predicted octanol–water partition coefficient (Wildman–Crippen LogP) is 3.75. The number of nitro benzene ring substituents is 1. The summed E-state index contributed by atoms with van der Waals surface area (Å²) in [6.45, 7) is 3.62. The first kappa shape index (κ1) is 15.4. The first-order valence-electron chi connectivity index (χ1n) is 7.02. The van der Waals surface area contributed by atoms with Crippen LogP contribution in [0, 0.1) is 10.1 Å². The Hall–Kier alpha value is -3.48. The van der Waals surface area contributed by atoms with Crippen LogP contribution >= 0.6 is 0 Å². The Balaban J connectivity index is 1.88. The lowest BCUT2D eigenvalue weighted by Crippen LogP contribution is -2.04. The van der Waals surface area contributed by atoms with Crippen LogP contribution in [0.5, 0.6) is 0 Å². The SMILES string of the molecule is C=CCOC(=O)c1ccc(-c2nc3ccc([N+](=O)[O-])cc3o2)cc1. The molecule has 0 aliphatic heterocycles. The van der Waals surface area contributed by atoms with Crippen molar-refractivity contribution in [2.45, 2.75) is 0 Å². The molecule has 120 valence electrons. The molecular weight excluding hydrogens is 312 g/mol. The molecule has 0 unspecified atom stereocenters. The minimum atomic E-state index is -0.495. The van der Waals surface area contributed by atoms with Crippen LogP contribution in [-0.4, -0.2) is 22.5 Å². The zero-order valence-electron chi connectivity index (χ0n) is 12.5. The van der Waals surface area contributed by atoms with Gasteiger partial charge in [0.1, 0.15) is 12.1 Å². The van der Waals surface area contributed by atoms with Crippen LogP contribution in [0.25, 0.3) is 22.6 Å². The van der Waals surface area contributed by atoms with Crippen molar-refractivity contribution in [2.75, 3.05) is 6.61 Å². The maximum Gasteiger partial charge on any atom is 0.338 e. The summed E-state index contributed by atoms with van der Waals surface area (Å²) >= 11 is 0. The van der Waals surface area contributed by atoms with E-state index in [9.17, 15) is 14.9 Å². The zero-order chi connectivity index (χ0) is 17.1. The van der Waals surface area contributed by atoms with Gasteiger partial charge in [0.15, 0.2) is 5.58 Å². The van der Waals surface area contributed by atoms with Crippen LogP contribution in [0.1, 0.15) is 10.4 Å². The highest BCUT2D eigenvalue weighted by Gasteiger charge is 2.13. The summed E-state index contributed by atoms with van der Waals surface area (Å²) in [4.78, 5) is 26.3. The molecular formula is C17H12N2O5. The number of benzene rings is 2. The Bertz CT molecular complexity index is 928. The fourth-order valence-corrected chi connectivity index (χ4v) is 2.12. The summed E-state index contributed by atoms with van der Waals surface area (Å²) in [5, 5.41) is 10.8. The predicted molar refractivity (Wildman–Crippen MR) is 86.6 cm³/mol. The van der Waals surface area contributed by atoms with Crippen molar-refractivity contribution in [3.63, 3.8) is 0 Å². The molecule has 0 saturated carbocycles. The maximum absolute atomic E-state index is 11.7. The number of oxazole rings is 1. The molecule has 7 heteroatoms. The third kappa shape index (κ3) is 3.00. The van der Waals surface area contributed by atoms with E-state index < -0.39 is 10.9 Å². The summed E-state index contributed by atoms with van der Waals surface area (Å²) in [7, 11) is 0. The van der Waals surface area contributed by atoms with E-state index in [1.165, 1.54) is 24.3 Å². The number of nitro groups is 1. The number of nitrogens with zero attached hydrogens (tertiary/aromatic N) is 2. The number of fused-ring (bicyclic) bond motifs is 1. The molecule has 0 bridgehead atoms. The molecule has 0 fully saturated rings. The summed E-state index contributed by atoms with van der Waals surface area (Å²) in [5.74, 6) is -0.133. The fourth-order valence-electron chi connectivity index (χ4n) is 2.12. The quantitative estimate of drug-likeness (QED) is 0.307. The summed E-state index contributed by atoms with van der Waals surface area (Å²) in [6.07, 6.45) is 1.49. The third-order valence-electron chi connectivity index (χ3n) is 3.28. The van der Waals surface area contributed by atoms with Gasteiger partial charge in [-0.3, -0.25) is 10.1 Å². The number of ether oxygens (including phenoxy) is 1. The van der Waals surface area contributed by atoms with Crippen LogP contribution in [0.15, 0.2) is 59.5 Å². The van der Waals surface area contributed by atoms with Gasteiger partial charge in [-0.05, 0) is 30.3 Å². The number of hydrogen-bond donors (Lipinski definition) is 0. The second kappa shape index (κ2) is 6.33. The molecule has 0 atom stereocenters. The van der Waals surface area contributed by atoms with E-state index in [0.717, 1.165) is 0 Å². The Morgan fingerprint density at radius 1 is 1.29 bits per heavy atom. The van der Waals surface area contributed by atoms with Crippen molar-refractivity contribution in [1.29, 1.82) is 0 Å². The van der Waals surface area contributed by atoms with Crippen molar-refractivity contribution in [3.8, 4) is 11.5 Å². The topological polar surface area (TPSA) is 95.5 Å². The smallest absolute Gasteiger partial charge is 0.338 e. The van der Waals surface area contributed by atoms with E-state index in [2.05, 4.69) is 11.6 Å². The van der Waals surface area contributed by atoms with Gasteiger partial charge < -0.3 is 9.15 Å². The van der Waals surface area contributed by atoms with Crippen LogP contribution in [0.2, 0.25) is 0 Å². The standard InChI is InChI=1S/C17H12N2O5/c1-2-9-23-17(20)12-5-3-11(4-6-12)16-18-14-8-7-13(19(21)22)10-15(14)24-16/h2-8,10H,1,9H2. The number of non-ortho nitro benzene ring substituents is 1. The van der Waals surface area contributed by atoms with Gasteiger partial charge >= 0.3 is 5.97 Å². The molecule has 0 aliphatic carbocycles. The second-order valence-electron chi connectivity index (χ2n) is 4.89. The number of rotatable bonds is 5. The molecule has 0 amide bonds. The van der Waals surface area contributed by atoms with Gasteiger partial charge in [0, 0.05) is 11.6 Å². The van der Waals surface area contributed by atoms with Crippen LogP contribution in [0.4, 0.5) is 5.69 Å². The van der Waals surface area contributed by atoms with Crippen LogP contribution in [0.3, 0.4) is 0 Å². The summed E-state index contributed by atoms with van der Waals surface area (Å²) < 4.78 is 10.5. The van der Waals surface area contributed by atoms with Gasteiger partial charge in [-0.25, -0.2) is 9.78 Å². The molecule has 0 N–H and O–H groups in total. The Morgan fingerprint density at radius 2 is 2.04 bits per heavy atom. The van der Waals surface area contributed by atoms with Gasteiger partial charge in [0.25, 0.3) is 5.69 Å². The van der Waals surface area contributed by atoms with Gasteiger partial charge in [-0.15, -0.1) is 0 Å². The number of hydrogen-bond acceptors (Lipinski definition) is 6. The van der Waals surface area contributed by atoms with Gasteiger partial charge in [0.2, 0.25) is 5.89 Å². The summed E-state index contributed by atoms with van der Waals surface area (Å²) in [6, 6.07) is 10.8. The molecule has 2 aromatic carbocycles. The maximum atomic E-state index is 11.7. The van der Waals surface area contributed by atoms with E-state index in [1.54, 1.807) is 24.3 Å². The van der Waals surface area contributed by atoms with Gasteiger partial charge in [-0.2, -0.15) is 0 Å². The Kier molecular flexibility index (Phi) is 4.07. The lowest BCUT2D eigenvalue weighted by Gasteiger charge is -2.02. The zero-order valence-corrected chi connectivity index (χ0v) is 12.5. The van der Waals surface area contributed by atoms with E-state index in [0.29, 0.717) is 28.1 Å². The van der Waals surface area contributed by atoms with E-state index in [1.807, 2.05) is 0 Å². The number of carbonyl (C=O) groups excluding carboxylic acids is 1. The largest absolute Gasteiger partial charge is 0.458 e. The van der Waals surface area contributed by atoms with Crippen molar-refractivity contribution in [3.05, 3.63) is 70.8 Å². The van der Waals surface area contributed by atoms with Crippen LogP contribution in [-0.2, 0) is 4.74 Å². The third-order valence-corrected chi connectivity index (χ3v) is 3.28. The molecule has 3 aromatic rings. The molecule has 0 saturated heterocycles. The molecule has 0 spiro atoms. The second-order valence-corrected chi connectivity index (χ2v) is 4.89. The monoisotopic (exact) mass is 324 g/mol. The number of aromatic nitrogens is 1. The Labute approximate surface area is 136 Å². The van der Waals surface area contributed by atoms with E-state index >= 15 is 0 Å². The highest BCUT2D eigenvalue weighted by atomic mass is 16.6. The van der Waals surface area contributed by atoms with Crippen molar-refractivity contribution in [2.24, 2.45) is 0 Å². The lowest BCUT2D eigenvalue weighted by molar-refractivity contribution is -0.384. The van der Waals surface area contributed by atoms with Crippen molar-refractivity contribution < 1.29 is 18.9 Å². The van der Waals surface area contributed by atoms with Crippen LogP contribution < -0.4 is 0 Å². The number of carbonyl (C=O) groups is 1. The molecule has 3 rings (SSSR count). The van der Waals surface area contributed by atoms with Gasteiger partial charge in [-0.1, -0.05) is 12.7 Å². The molecule has 1 aromatic heterocycles. The first-order chi connectivity index (χ1) is 11.6. The van der Waals surface area contributed by atoms with E-state index in [4.69, 9.17) is 9.15 Å². The molecule has 0 radical (unpaired) electrons. The minimum Gasteiger partial charge on any atom is -0.458 e. The minimum absolute atomic E-state index is 0.0643. The molecule has 1 heterocycles. The van der Waals surface area contributed by atoms with Crippen molar-refractivity contribution >= 4 is 22.8 Å². The lowest BCUT2D eigenvalue weighted by atomic mass is 10.1. The number of esters is 1. The first-order valence-corrected chi connectivity index (χ1v) is 7.02. The van der Waals surface area contributed by atoms with Crippen molar-refractivity contribution in [1.82, 2.24) is 4.98 Å². The molecule has 0 aliphatic rings. The Morgan fingerprint density at radius 3 is 2.71 bits per heavy atom. The average Bonchev–Trinajstić information content (AvgIpc) is 3.02. The summed E-state index contributed by atoms with van der Waals surface area (Å²) in [5.41, 5.74) is 1.82. The van der Waals surface area contributed by atoms with E-state index in [-0.39, 0.29) is 12.3 Å². The fraction of sp³-hybridized carbons (Fsp3) is 0.0588. The molecule has 24 heavy (non-hydrogen) atoms. The highest BCUT2D eigenvalue weighted by Crippen LogP contribution is 2.27. The average molecular weight is 324 g/mol. The highest BCUT2D eigenvalue weighted by molar-refractivity contribution is 5.90.